The minimum atomic E-state index is 0.890. The van der Waals surface area contributed by atoms with Gasteiger partial charge in [-0.25, -0.2) is 0 Å². The number of rotatable bonds is 5. The second-order valence-electron chi connectivity index (χ2n) is 12.6. The number of hydrogen-bond acceptors (Lipinski definition) is 2. The van der Waals surface area contributed by atoms with Crippen LogP contribution in [0.25, 0.3) is 60.5 Å². The van der Waals surface area contributed by atoms with Gasteiger partial charge in [-0.15, -0.1) is 0 Å². The lowest BCUT2D eigenvalue weighted by atomic mass is 9.93. The fraction of sp³-hybridized carbons (Fsp3) is 0. The molecule has 0 amide bonds. The lowest BCUT2D eigenvalue weighted by molar-refractivity contribution is 0.487. The van der Waals surface area contributed by atoms with Gasteiger partial charge >= 0.3 is 0 Å². The molecule has 2 heterocycles. The molecule has 9 aromatic rings. The summed E-state index contributed by atoms with van der Waals surface area (Å²) < 4.78 is 8.83. The fourth-order valence-corrected chi connectivity index (χ4v) is 7.53. The highest BCUT2D eigenvalue weighted by molar-refractivity contribution is 6.11. The highest BCUT2D eigenvalue weighted by Gasteiger charge is 2.21. The van der Waals surface area contributed by atoms with Gasteiger partial charge in [0.05, 0.1) is 11.0 Å². The average Bonchev–Trinajstić information content (AvgIpc) is 3.50. The third-order valence-corrected chi connectivity index (χ3v) is 9.76. The Hall–Kier alpha value is -6.58. The van der Waals surface area contributed by atoms with E-state index in [1.165, 1.54) is 38.1 Å². The molecule has 8 aromatic carbocycles. The molecule has 0 bridgehead atoms. The van der Waals surface area contributed by atoms with Gasteiger partial charge < -0.3 is 14.2 Å². The molecule has 1 aliphatic rings. The van der Waals surface area contributed by atoms with E-state index < -0.39 is 0 Å². The van der Waals surface area contributed by atoms with E-state index in [4.69, 9.17) is 4.74 Å². The van der Waals surface area contributed by atoms with E-state index in [2.05, 4.69) is 191 Å². The Labute approximate surface area is 284 Å². The average molecular weight is 627 g/mol. The van der Waals surface area contributed by atoms with Crippen molar-refractivity contribution in [2.24, 2.45) is 0 Å². The first-order valence-corrected chi connectivity index (χ1v) is 16.7. The summed E-state index contributed by atoms with van der Waals surface area (Å²) in [6, 6.07) is 64.9. The summed E-state index contributed by atoms with van der Waals surface area (Å²) >= 11 is 0. The van der Waals surface area contributed by atoms with E-state index in [-0.39, 0.29) is 0 Å². The standard InChI is InChI=1S/C46H30N2O/c1-3-13-34(14-4-1)47(37-26-28-43-41(30-37)38-17-7-8-19-42(38)48(43)35-15-5-2-6-16-35)36-24-21-31(22-25-36)33-23-27-39-40-18-9-11-32-12-10-20-44(46(32)40)49-45(39)29-33/h1-30H. The molecule has 3 nitrogen and oxygen atoms in total. The van der Waals surface area contributed by atoms with Crippen LogP contribution < -0.4 is 9.64 Å². The quantitative estimate of drug-likeness (QED) is 0.189. The van der Waals surface area contributed by atoms with Crippen molar-refractivity contribution in [2.45, 2.75) is 0 Å². The van der Waals surface area contributed by atoms with Crippen molar-refractivity contribution in [1.82, 2.24) is 4.57 Å². The smallest absolute Gasteiger partial charge is 0.135 e. The number of para-hydroxylation sites is 3. The topological polar surface area (TPSA) is 17.4 Å². The molecule has 0 unspecified atom stereocenters. The first-order chi connectivity index (χ1) is 24.3. The monoisotopic (exact) mass is 626 g/mol. The van der Waals surface area contributed by atoms with Crippen LogP contribution in [-0.4, -0.2) is 4.57 Å². The Kier molecular flexibility index (Phi) is 6.18. The van der Waals surface area contributed by atoms with E-state index in [0.717, 1.165) is 50.9 Å². The lowest BCUT2D eigenvalue weighted by Crippen LogP contribution is -2.09. The number of fused-ring (bicyclic) bond motifs is 5. The minimum Gasteiger partial charge on any atom is -0.456 e. The number of nitrogens with zero attached hydrogens (tertiary/aromatic N) is 2. The number of hydrogen-bond donors (Lipinski definition) is 0. The Morgan fingerprint density at radius 1 is 0.408 bits per heavy atom. The van der Waals surface area contributed by atoms with Crippen LogP contribution in [0.5, 0.6) is 11.5 Å². The van der Waals surface area contributed by atoms with Gasteiger partial charge in [-0.2, -0.15) is 0 Å². The van der Waals surface area contributed by atoms with Crippen molar-refractivity contribution in [2.75, 3.05) is 4.90 Å². The van der Waals surface area contributed by atoms with Crippen LogP contribution in [0.15, 0.2) is 182 Å². The second kappa shape index (κ2) is 11.0. The summed E-state index contributed by atoms with van der Waals surface area (Å²) in [5.74, 6) is 1.80. The summed E-state index contributed by atoms with van der Waals surface area (Å²) in [6.07, 6.45) is 0. The van der Waals surface area contributed by atoms with Gasteiger partial charge in [0.15, 0.2) is 0 Å². The van der Waals surface area contributed by atoms with Crippen LogP contribution in [0.2, 0.25) is 0 Å². The third-order valence-electron chi connectivity index (χ3n) is 9.76. The molecule has 0 spiro atoms. The van der Waals surface area contributed by atoms with Crippen LogP contribution >= 0.6 is 0 Å². The number of aromatic nitrogens is 1. The van der Waals surface area contributed by atoms with Gasteiger partial charge in [0.2, 0.25) is 0 Å². The number of anilines is 3. The summed E-state index contributed by atoms with van der Waals surface area (Å²) in [5.41, 5.74) is 11.5. The summed E-state index contributed by atoms with van der Waals surface area (Å²) in [4.78, 5) is 2.34. The zero-order valence-corrected chi connectivity index (χ0v) is 26.6. The van der Waals surface area contributed by atoms with Crippen LogP contribution in [-0.2, 0) is 0 Å². The first-order valence-electron chi connectivity index (χ1n) is 16.7. The summed E-state index contributed by atoms with van der Waals surface area (Å²) in [7, 11) is 0. The molecule has 0 saturated carbocycles. The molecule has 0 N–H and O–H groups in total. The van der Waals surface area contributed by atoms with Gasteiger partial charge in [0.25, 0.3) is 0 Å². The zero-order valence-electron chi connectivity index (χ0n) is 26.6. The lowest BCUT2D eigenvalue weighted by Gasteiger charge is -2.26. The molecule has 0 saturated heterocycles. The van der Waals surface area contributed by atoms with E-state index in [0.29, 0.717) is 0 Å². The molecular weight excluding hydrogens is 597 g/mol. The van der Waals surface area contributed by atoms with Crippen molar-refractivity contribution < 1.29 is 4.74 Å². The third kappa shape index (κ3) is 4.44. The SMILES string of the molecule is c1ccc(N(c2ccc(-c3ccc4c(c3)Oc3cccc5cccc-4c35)cc2)c2ccc3c(c2)c2ccccc2n3-c2ccccc2)cc1. The fourth-order valence-electron chi connectivity index (χ4n) is 7.53. The number of ether oxygens (including phenoxy) is 1. The molecule has 10 rings (SSSR count). The van der Waals surface area contributed by atoms with E-state index in [1.807, 2.05) is 0 Å². The van der Waals surface area contributed by atoms with E-state index in [9.17, 15) is 0 Å². The highest BCUT2D eigenvalue weighted by Crippen LogP contribution is 2.48. The van der Waals surface area contributed by atoms with E-state index >= 15 is 0 Å². The Morgan fingerprint density at radius 3 is 1.92 bits per heavy atom. The van der Waals surface area contributed by atoms with Crippen LogP contribution in [0.4, 0.5) is 17.1 Å². The zero-order chi connectivity index (χ0) is 32.3. The molecule has 230 valence electrons. The second-order valence-corrected chi connectivity index (χ2v) is 12.6. The molecule has 0 radical (unpaired) electrons. The van der Waals surface area contributed by atoms with Crippen molar-refractivity contribution >= 4 is 49.6 Å². The number of benzene rings is 8. The molecule has 3 heteroatoms. The molecule has 1 aromatic heterocycles. The van der Waals surface area contributed by atoms with Crippen LogP contribution in [0, 0.1) is 0 Å². The molecular formula is C46H30N2O. The van der Waals surface area contributed by atoms with Crippen molar-refractivity contribution in [3.05, 3.63) is 182 Å². The maximum absolute atomic E-state index is 6.47. The van der Waals surface area contributed by atoms with Gasteiger partial charge in [-0.3, -0.25) is 0 Å². The molecule has 0 aliphatic carbocycles. The van der Waals surface area contributed by atoms with E-state index in [1.54, 1.807) is 0 Å². The van der Waals surface area contributed by atoms with Crippen molar-refractivity contribution in [3.63, 3.8) is 0 Å². The predicted octanol–water partition coefficient (Wildman–Crippen LogP) is 12.8. The van der Waals surface area contributed by atoms with Gasteiger partial charge in [-0.05, 0) is 101 Å². The molecule has 49 heavy (non-hydrogen) atoms. The maximum Gasteiger partial charge on any atom is 0.135 e. The Bertz CT molecular complexity index is 2670. The molecule has 0 fully saturated rings. The Balaban J connectivity index is 1.06. The summed E-state index contributed by atoms with van der Waals surface area (Å²) in [5, 5.41) is 4.84. The Morgan fingerprint density at radius 2 is 1.08 bits per heavy atom. The highest BCUT2D eigenvalue weighted by atomic mass is 16.5. The molecule has 0 atom stereocenters. The minimum absolute atomic E-state index is 0.890. The molecule has 1 aliphatic heterocycles. The van der Waals surface area contributed by atoms with Crippen molar-refractivity contribution in [3.8, 4) is 39.4 Å². The first kappa shape index (κ1) is 27.5. The van der Waals surface area contributed by atoms with Crippen LogP contribution in [0.1, 0.15) is 0 Å². The van der Waals surface area contributed by atoms with Gasteiger partial charge in [-0.1, -0.05) is 103 Å². The largest absolute Gasteiger partial charge is 0.456 e. The summed E-state index contributed by atoms with van der Waals surface area (Å²) in [6.45, 7) is 0. The van der Waals surface area contributed by atoms with Gasteiger partial charge in [0.1, 0.15) is 11.5 Å². The normalized spacial score (nSPS) is 11.8. The van der Waals surface area contributed by atoms with Gasteiger partial charge in [0, 0.05) is 44.5 Å². The van der Waals surface area contributed by atoms with Crippen molar-refractivity contribution in [1.29, 1.82) is 0 Å². The maximum atomic E-state index is 6.47. The van der Waals surface area contributed by atoms with Crippen LogP contribution in [0.3, 0.4) is 0 Å². The predicted molar refractivity (Wildman–Crippen MR) is 204 cm³/mol.